The topological polar surface area (TPSA) is 57.5 Å². The van der Waals surface area contributed by atoms with Gasteiger partial charge in [-0.25, -0.2) is 0 Å². The van der Waals surface area contributed by atoms with Gasteiger partial charge in [0.1, 0.15) is 11.4 Å². The molecule has 5 heteroatoms. The molecule has 1 aliphatic rings. The summed E-state index contributed by atoms with van der Waals surface area (Å²) in [6, 6.07) is 26.5. The summed E-state index contributed by atoms with van der Waals surface area (Å²) in [4.78, 5) is 16.6. The number of amides is 1. The molecule has 1 amide bonds. The number of aromatic hydroxyl groups is 1. The van der Waals surface area contributed by atoms with Gasteiger partial charge in [-0.1, -0.05) is 92.8 Å². The van der Waals surface area contributed by atoms with E-state index in [1.54, 1.807) is 12.1 Å². The first-order valence-electron chi connectivity index (χ1n) is 14.4. The smallest absolute Gasteiger partial charge is 0.268 e. The average Bonchev–Trinajstić information content (AvgIpc) is 3.25. The molecule has 0 saturated heterocycles. The number of fused-ring (bicyclic) bond motifs is 1. The van der Waals surface area contributed by atoms with Crippen LogP contribution in [0.2, 0.25) is 0 Å². The van der Waals surface area contributed by atoms with Crippen LogP contribution in [0.4, 0.5) is 0 Å². The van der Waals surface area contributed by atoms with E-state index in [-0.39, 0.29) is 23.6 Å². The van der Waals surface area contributed by atoms with Crippen LogP contribution in [0.3, 0.4) is 0 Å². The van der Waals surface area contributed by atoms with E-state index in [9.17, 15) is 9.90 Å². The second-order valence-corrected chi connectivity index (χ2v) is 11.2. The quantitative estimate of drug-likeness (QED) is 0.263. The summed E-state index contributed by atoms with van der Waals surface area (Å²) < 4.78 is 2.24. The Morgan fingerprint density at radius 2 is 1.49 bits per heavy atom. The van der Waals surface area contributed by atoms with Crippen molar-refractivity contribution in [3.8, 4) is 5.75 Å². The van der Waals surface area contributed by atoms with E-state index in [1.807, 2.05) is 18.2 Å². The standard InChI is InChI=1S/C34H41N3O2/c1-36(2)23-24-37-30-18-12-11-17-29(30)32(33(37)34(39)35-27-15-9-4-3-5-10-16-27)31(25-13-7-6-8-14-25)26-19-21-28(38)22-20-26/h6-8,11-14,17-22,27,31,38H,3-5,9-10,15-16,23-24H2,1-2H3,(H,35,39). The van der Waals surface area contributed by atoms with Crippen LogP contribution in [-0.4, -0.2) is 47.2 Å². The molecule has 0 radical (unpaired) electrons. The highest BCUT2D eigenvalue weighted by Gasteiger charge is 2.31. The van der Waals surface area contributed by atoms with Crippen LogP contribution in [-0.2, 0) is 6.54 Å². The van der Waals surface area contributed by atoms with Crippen LogP contribution in [0.25, 0.3) is 10.9 Å². The van der Waals surface area contributed by atoms with Gasteiger partial charge in [-0.15, -0.1) is 0 Å². The van der Waals surface area contributed by atoms with E-state index in [2.05, 4.69) is 77.4 Å². The highest BCUT2D eigenvalue weighted by atomic mass is 16.3. The minimum atomic E-state index is -0.157. The number of carbonyl (C=O) groups excluding carboxylic acids is 1. The number of nitrogens with one attached hydrogen (secondary N) is 1. The van der Waals surface area contributed by atoms with E-state index in [0.717, 1.165) is 59.2 Å². The normalized spacial score (nSPS) is 15.7. The predicted octanol–water partition coefficient (Wildman–Crippen LogP) is 6.93. The van der Waals surface area contributed by atoms with Gasteiger partial charge in [-0.05, 0) is 56.3 Å². The van der Waals surface area contributed by atoms with Crippen molar-refractivity contribution < 1.29 is 9.90 Å². The molecule has 204 valence electrons. The van der Waals surface area contributed by atoms with Gasteiger partial charge in [0.2, 0.25) is 0 Å². The van der Waals surface area contributed by atoms with Crippen molar-refractivity contribution in [1.82, 2.24) is 14.8 Å². The third-order valence-electron chi connectivity index (χ3n) is 8.08. The van der Waals surface area contributed by atoms with Crippen molar-refractivity contribution in [1.29, 1.82) is 0 Å². The molecule has 3 aromatic carbocycles. The molecule has 0 aliphatic heterocycles. The molecular formula is C34H41N3O2. The van der Waals surface area contributed by atoms with Crippen LogP contribution in [0.1, 0.15) is 78.0 Å². The second kappa shape index (κ2) is 12.5. The first-order chi connectivity index (χ1) is 19.0. The maximum atomic E-state index is 14.4. The lowest BCUT2D eigenvalue weighted by atomic mass is 9.83. The molecule has 1 heterocycles. The summed E-state index contributed by atoms with van der Waals surface area (Å²) in [5, 5.41) is 14.7. The maximum absolute atomic E-state index is 14.4. The zero-order chi connectivity index (χ0) is 27.2. The molecule has 1 atom stereocenters. The first kappa shape index (κ1) is 27.0. The van der Waals surface area contributed by atoms with Gasteiger partial charge in [0.15, 0.2) is 0 Å². The van der Waals surface area contributed by atoms with Crippen LogP contribution < -0.4 is 5.32 Å². The molecular weight excluding hydrogens is 482 g/mol. The third kappa shape index (κ3) is 6.20. The van der Waals surface area contributed by atoms with Gasteiger partial charge in [0.25, 0.3) is 5.91 Å². The lowest BCUT2D eigenvalue weighted by Crippen LogP contribution is -2.37. The fraction of sp³-hybridized carbons (Fsp3) is 0.382. The lowest BCUT2D eigenvalue weighted by Gasteiger charge is -2.24. The fourth-order valence-electron chi connectivity index (χ4n) is 6.09. The van der Waals surface area contributed by atoms with Crippen molar-refractivity contribution in [3.63, 3.8) is 0 Å². The molecule has 5 nitrogen and oxygen atoms in total. The lowest BCUT2D eigenvalue weighted by molar-refractivity contribution is 0.0919. The molecule has 1 aliphatic carbocycles. The molecule has 1 fully saturated rings. The number of aromatic nitrogens is 1. The Balaban J connectivity index is 1.70. The zero-order valence-electron chi connectivity index (χ0n) is 23.3. The number of carbonyl (C=O) groups is 1. The summed E-state index contributed by atoms with van der Waals surface area (Å²) in [7, 11) is 4.15. The number of para-hydroxylation sites is 1. The summed E-state index contributed by atoms with van der Waals surface area (Å²) in [6.45, 7) is 1.55. The van der Waals surface area contributed by atoms with Gasteiger partial charge in [0, 0.05) is 41.5 Å². The molecule has 1 saturated carbocycles. The minimum absolute atomic E-state index is 0.0187. The molecule has 1 unspecified atom stereocenters. The largest absolute Gasteiger partial charge is 0.508 e. The Hall–Kier alpha value is -3.57. The predicted molar refractivity (Wildman–Crippen MR) is 160 cm³/mol. The summed E-state index contributed by atoms with van der Waals surface area (Å²) in [6.07, 6.45) is 8.21. The van der Waals surface area contributed by atoms with Crippen LogP contribution >= 0.6 is 0 Å². The molecule has 5 rings (SSSR count). The number of phenolic OH excluding ortho intramolecular Hbond substituents is 1. The van der Waals surface area contributed by atoms with Gasteiger partial charge >= 0.3 is 0 Å². The average molecular weight is 524 g/mol. The molecule has 0 spiro atoms. The Bertz CT molecular complexity index is 1370. The van der Waals surface area contributed by atoms with Gasteiger partial charge in [0.05, 0.1) is 0 Å². The number of phenols is 1. The molecule has 1 aromatic heterocycles. The van der Waals surface area contributed by atoms with E-state index in [1.165, 1.54) is 32.1 Å². The van der Waals surface area contributed by atoms with E-state index >= 15 is 0 Å². The van der Waals surface area contributed by atoms with Crippen LogP contribution in [0.15, 0.2) is 78.9 Å². The van der Waals surface area contributed by atoms with Crippen molar-refractivity contribution >= 4 is 16.8 Å². The highest BCUT2D eigenvalue weighted by Crippen LogP contribution is 2.40. The molecule has 2 N–H and O–H groups in total. The van der Waals surface area contributed by atoms with Gasteiger partial charge in [-0.3, -0.25) is 4.79 Å². The summed E-state index contributed by atoms with van der Waals surface area (Å²) in [5.74, 6) is 0.0989. The van der Waals surface area contributed by atoms with E-state index in [0.29, 0.717) is 0 Å². The Kier molecular flexibility index (Phi) is 8.67. The van der Waals surface area contributed by atoms with E-state index < -0.39 is 0 Å². The number of benzene rings is 3. The Morgan fingerprint density at radius 1 is 0.872 bits per heavy atom. The van der Waals surface area contributed by atoms with E-state index in [4.69, 9.17) is 0 Å². The number of rotatable bonds is 8. The van der Waals surface area contributed by atoms with Crippen LogP contribution in [0, 0.1) is 0 Å². The number of nitrogens with zero attached hydrogens (tertiary/aromatic N) is 2. The summed E-state index contributed by atoms with van der Waals surface area (Å²) in [5.41, 5.74) is 5.04. The highest BCUT2D eigenvalue weighted by molar-refractivity contribution is 6.03. The van der Waals surface area contributed by atoms with Crippen molar-refractivity contribution in [2.45, 2.75) is 63.5 Å². The van der Waals surface area contributed by atoms with Gasteiger partial charge < -0.3 is 19.9 Å². The van der Waals surface area contributed by atoms with Crippen molar-refractivity contribution in [2.24, 2.45) is 0 Å². The molecule has 39 heavy (non-hydrogen) atoms. The number of hydrogen-bond donors (Lipinski definition) is 2. The summed E-state index contributed by atoms with van der Waals surface area (Å²) >= 11 is 0. The SMILES string of the molecule is CN(C)CCn1c(C(=O)NC2CCCCCCC2)c(C(c2ccccc2)c2ccc(O)cc2)c2ccccc21. The monoisotopic (exact) mass is 523 g/mol. The third-order valence-corrected chi connectivity index (χ3v) is 8.08. The maximum Gasteiger partial charge on any atom is 0.268 e. The van der Waals surface area contributed by atoms with Gasteiger partial charge in [-0.2, -0.15) is 0 Å². The number of hydrogen-bond acceptors (Lipinski definition) is 3. The fourth-order valence-corrected chi connectivity index (χ4v) is 6.09. The number of likely N-dealkylation sites (N-methyl/N-ethyl adjacent to an activating group) is 1. The Labute approximate surface area is 232 Å². The molecule has 0 bridgehead atoms. The zero-order valence-corrected chi connectivity index (χ0v) is 23.3. The minimum Gasteiger partial charge on any atom is -0.508 e. The first-order valence-corrected chi connectivity index (χ1v) is 14.4. The Morgan fingerprint density at radius 3 is 2.18 bits per heavy atom. The molecule has 4 aromatic rings. The van der Waals surface area contributed by atoms with Crippen molar-refractivity contribution in [2.75, 3.05) is 20.6 Å². The second-order valence-electron chi connectivity index (χ2n) is 11.2. The van der Waals surface area contributed by atoms with Crippen LogP contribution in [0.5, 0.6) is 5.75 Å². The van der Waals surface area contributed by atoms with Crippen molar-refractivity contribution in [3.05, 3.63) is 101 Å².